The predicted octanol–water partition coefficient (Wildman–Crippen LogP) is 0.622. The van der Waals surface area contributed by atoms with Crippen LogP contribution < -0.4 is 5.32 Å². The van der Waals surface area contributed by atoms with Gasteiger partial charge in [-0.3, -0.25) is 4.79 Å². The van der Waals surface area contributed by atoms with Crippen molar-refractivity contribution in [2.45, 2.75) is 38.3 Å². The number of nitrogens with one attached hydrogen (secondary N) is 1. The van der Waals surface area contributed by atoms with E-state index in [2.05, 4.69) is 5.32 Å². The Labute approximate surface area is 97.3 Å². The van der Waals surface area contributed by atoms with E-state index < -0.39 is 0 Å². The van der Waals surface area contributed by atoms with Crippen molar-refractivity contribution in [3.8, 4) is 0 Å². The van der Waals surface area contributed by atoms with Gasteiger partial charge in [-0.05, 0) is 38.6 Å². The summed E-state index contributed by atoms with van der Waals surface area (Å²) in [6.45, 7) is 4.28. The molecule has 0 aromatic rings. The minimum Gasteiger partial charge on any atom is -0.376 e. The van der Waals surface area contributed by atoms with Gasteiger partial charge in [0.1, 0.15) is 0 Å². The first-order valence-electron chi connectivity index (χ1n) is 6.26. The van der Waals surface area contributed by atoms with E-state index in [0.29, 0.717) is 6.54 Å². The van der Waals surface area contributed by atoms with Gasteiger partial charge in [0, 0.05) is 13.7 Å². The maximum absolute atomic E-state index is 11.9. The zero-order chi connectivity index (χ0) is 11.5. The van der Waals surface area contributed by atoms with Crippen molar-refractivity contribution < 1.29 is 9.53 Å². The van der Waals surface area contributed by atoms with E-state index in [-0.39, 0.29) is 18.1 Å². The van der Waals surface area contributed by atoms with Crippen molar-refractivity contribution in [2.24, 2.45) is 5.92 Å². The molecule has 1 heterocycles. The molecule has 2 unspecified atom stereocenters. The molecule has 4 heteroatoms. The van der Waals surface area contributed by atoms with Crippen molar-refractivity contribution >= 4 is 5.91 Å². The lowest BCUT2D eigenvalue weighted by Crippen LogP contribution is -2.45. The van der Waals surface area contributed by atoms with Crippen molar-refractivity contribution in [3.63, 3.8) is 0 Å². The van der Waals surface area contributed by atoms with Crippen LogP contribution >= 0.6 is 0 Å². The zero-order valence-corrected chi connectivity index (χ0v) is 10.2. The molecule has 0 spiro atoms. The number of likely N-dealkylation sites (N-methyl/N-ethyl adjacent to an activating group) is 1. The highest BCUT2D eigenvalue weighted by molar-refractivity contribution is 5.78. The summed E-state index contributed by atoms with van der Waals surface area (Å²) in [6, 6.07) is 0.259. The SMILES string of the molecule is CC1OCCC1N(C)C(=O)CNCC1CC1. The Balaban J connectivity index is 1.69. The molecule has 16 heavy (non-hydrogen) atoms. The van der Waals surface area contributed by atoms with Crippen molar-refractivity contribution in [3.05, 3.63) is 0 Å². The highest BCUT2D eigenvalue weighted by Gasteiger charge is 2.30. The molecule has 0 bridgehead atoms. The third-order valence-electron chi connectivity index (χ3n) is 3.63. The fourth-order valence-electron chi connectivity index (χ4n) is 2.24. The van der Waals surface area contributed by atoms with E-state index in [1.165, 1.54) is 12.8 Å². The smallest absolute Gasteiger partial charge is 0.236 e. The fraction of sp³-hybridized carbons (Fsp3) is 0.917. The number of carbonyl (C=O) groups excluding carboxylic acids is 1. The van der Waals surface area contributed by atoms with Gasteiger partial charge in [-0.15, -0.1) is 0 Å². The summed E-state index contributed by atoms with van der Waals surface area (Å²) in [7, 11) is 1.89. The van der Waals surface area contributed by atoms with Crippen LogP contribution in [0, 0.1) is 5.92 Å². The van der Waals surface area contributed by atoms with Crippen LogP contribution in [0.2, 0.25) is 0 Å². The maximum atomic E-state index is 11.9. The highest BCUT2D eigenvalue weighted by atomic mass is 16.5. The van der Waals surface area contributed by atoms with Crippen LogP contribution in [-0.4, -0.2) is 49.7 Å². The Morgan fingerprint density at radius 3 is 2.75 bits per heavy atom. The van der Waals surface area contributed by atoms with Crippen LogP contribution in [-0.2, 0) is 9.53 Å². The molecule has 1 saturated carbocycles. The highest BCUT2D eigenvalue weighted by Crippen LogP contribution is 2.27. The zero-order valence-electron chi connectivity index (χ0n) is 10.2. The van der Waals surface area contributed by atoms with E-state index in [0.717, 1.165) is 25.5 Å². The van der Waals surface area contributed by atoms with Crippen molar-refractivity contribution in [1.82, 2.24) is 10.2 Å². The minimum atomic E-state index is 0.178. The van der Waals surface area contributed by atoms with Gasteiger partial charge in [0.15, 0.2) is 0 Å². The third kappa shape index (κ3) is 2.95. The molecule has 0 aromatic carbocycles. The molecule has 92 valence electrons. The first-order chi connectivity index (χ1) is 7.68. The summed E-state index contributed by atoms with van der Waals surface area (Å²) in [6.07, 6.45) is 3.79. The molecule has 1 aliphatic carbocycles. The maximum Gasteiger partial charge on any atom is 0.236 e. The van der Waals surface area contributed by atoms with E-state index in [1.807, 2.05) is 18.9 Å². The number of hydrogen-bond acceptors (Lipinski definition) is 3. The van der Waals surface area contributed by atoms with Crippen LogP contribution in [0.4, 0.5) is 0 Å². The molecule has 0 radical (unpaired) electrons. The largest absolute Gasteiger partial charge is 0.376 e. The van der Waals surface area contributed by atoms with Gasteiger partial charge in [-0.25, -0.2) is 0 Å². The molecule has 1 aliphatic heterocycles. The molecule has 1 amide bonds. The molecule has 2 atom stereocenters. The molecular weight excluding hydrogens is 204 g/mol. The Morgan fingerprint density at radius 1 is 1.44 bits per heavy atom. The van der Waals surface area contributed by atoms with E-state index >= 15 is 0 Å². The summed E-state index contributed by atoms with van der Waals surface area (Å²) >= 11 is 0. The summed E-state index contributed by atoms with van der Waals surface area (Å²) in [5, 5.41) is 3.23. The molecular formula is C12H22N2O2. The van der Waals surface area contributed by atoms with Crippen molar-refractivity contribution in [2.75, 3.05) is 26.7 Å². The molecule has 4 nitrogen and oxygen atoms in total. The van der Waals surface area contributed by atoms with Gasteiger partial charge >= 0.3 is 0 Å². The van der Waals surface area contributed by atoms with Gasteiger partial charge in [-0.2, -0.15) is 0 Å². The van der Waals surface area contributed by atoms with Gasteiger partial charge in [0.25, 0.3) is 0 Å². The van der Waals surface area contributed by atoms with Gasteiger partial charge in [0.05, 0.1) is 18.7 Å². The molecule has 1 saturated heterocycles. The summed E-state index contributed by atoms with van der Waals surface area (Å²) in [5.74, 6) is 1.01. The first-order valence-corrected chi connectivity index (χ1v) is 6.26. The van der Waals surface area contributed by atoms with Gasteiger partial charge in [0.2, 0.25) is 5.91 Å². The van der Waals surface area contributed by atoms with Crippen molar-refractivity contribution in [1.29, 1.82) is 0 Å². The number of rotatable bonds is 5. The molecule has 2 aliphatic rings. The lowest BCUT2D eigenvalue weighted by Gasteiger charge is -2.26. The Kier molecular flexibility index (Phi) is 3.82. The molecule has 2 fully saturated rings. The average molecular weight is 226 g/mol. The topological polar surface area (TPSA) is 41.6 Å². The average Bonchev–Trinajstić information content (AvgIpc) is 2.98. The van der Waals surface area contributed by atoms with Gasteiger partial charge in [-0.1, -0.05) is 0 Å². The monoisotopic (exact) mass is 226 g/mol. The first kappa shape index (κ1) is 11.9. The second-order valence-electron chi connectivity index (χ2n) is 5.01. The van der Waals surface area contributed by atoms with Gasteiger partial charge < -0.3 is 15.0 Å². The number of carbonyl (C=O) groups is 1. The lowest BCUT2D eigenvalue weighted by molar-refractivity contribution is -0.131. The second kappa shape index (κ2) is 5.15. The molecule has 2 rings (SSSR count). The predicted molar refractivity (Wildman–Crippen MR) is 62.2 cm³/mol. The third-order valence-corrected chi connectivity index (χ3v) is 3.63. The number of hydrogen-bond donors (Lipinski definition) is 1. The van der Waals surface area contributed by atoms with Crippen LogP contribution in [0.5, 0.6) is 0 Å². The number of amides is 1. The molecule has 0 aromatic heterocycles. The van der Waals surface area contributed by atoms with Crippen LogP contribution in [0.3, 0.4) is 0 Å². The molecule has 1 N–H and O–H groups in total. The van der Waals surface area contributed by atoms with E-state index in [9.17, 15) is 4.79 Å². The number of ether oxygens (including phenoxy) is 1. The Bertz CT molecular complexity index is 253. The van der Waals surface area contributed by atoms with Crippen LogP contribution in [0.15, 0.2) is 0 Å². The lowest BCUT2D eigenvalue weighted by atomic mass is 10.1. The quantitative estimate of drug-likeness (QED) is 0.747. The second-order valence-corrected chi connectivity index (χ2v) is 5.01. The summed E-state index contributed by atoms with van der Waals surface area (Å²) in [4.78, 5) is 13.7. The van der Waals surface area contributed by atoms with Crippen LogP contribution in [0.1, 0.15) is 26.2 Å². The van der Waals surface area contributed by atoms with Crippen LogP contribution in [0.25, 0.3) is 0 Å². The summed E-state index contributed by atoms with van der Waals surface area (Å²) < 4.78 is 5.48. The normalized spacial score (nSPS) is 29.4. The minimum absolute atomic E-state index is 0.178. The summed E-state index contributed by atoms with van der Waals surface area (Å²) in [5.41, 5.74) is 0. The fourth-order valence-corrected chi connectivity index (χ4v) is 2.24. The van der Waals surface area contributed by atoms with E-state index in [4.69, 9.17) is 4.74 Å². The standard InChI is InChI=1S/C12H22N2O2/c1-9-11(5-6-16-9)14(2)12(15)8-13-7-10-3-4-10/h9-11,13H,3-8H2,1-2H3. The number of nitrogens with zero attached hydrogens (tertiary/aromatic N) is 1. The van der Waals surface area contributed by atoms with E-state index in [1.54, 1.807) is 0 Å². The Hall–Kier alpha value is -0.610. The Morgan fingerprint density at radius 2 is 2.19 bits per heavy atom.